The van der Waals surface area contributed by atoms with E-state index < -0.39 is 0 Å². The van der Waals surface area contributed by atoms with Gasteiger partial charge in [0.1, 0.15) is 18.2 Å². The molecule has 0 spiro atoms. The van der Waals surface area contributed by atoms with E-state index in [1.165, 1.54) is 17.7 Å². The van der Waals surface area contributed by atoms with E-state index in [9.17, 15) is 9.18 Å². The second-order valence-electron chi connectivity index (χ2n) is 6.37. The number of oxazole rings is 1. The summed E-state index contributed by atoms with van der Waals surface area (Å²) in [4.78, 5) is 17.8. The SMILES string of the molecule is O=C(C[C@H]1OCCc2ccsc21)NCCc1coc(-c2ccc(F)cc2)n1. The van der Waals surface area contributed by atoms with Crippen molar-refractivity contribution < 1.29 is 18.3 Å². The number of ether oxygens (including phenoxy) is 1. The zero-order valence-corrected chi connectivity index (χ0v) is 15.4. The van der Waals surface area contributed by atoms with Crippen molar-refractivity contribution in [3.63, 3.8) is 0 Å². The minimum Gasteiger partial charge on any atom is -0.444 e. The lowest BCUT2D eigenvalue weighted by atomic mass is 10.1. The molecule has 0 fully saturated rings. The molecule has 5 nitrogen and oxygen atoms in total. The first kappa shape index (κ1) is 17.9. The van der Waals surface area contributed by atoms with Gasteiger partial charge < -0.3 is 14.5 Å². The monoisotopic (exact) mass is 386 g/mol. The maximum atomic E-state index is 13.0. The van der Waals surface area contributed by atoms with Crippen LogP contribution in [0.25, 0.3) is 11.5 Å². The van der Waals surface area contributed by atoms with E-state index in [4.69, 9.17) is 9.15 Å². The van der Waals surface area contributed by atoms with Crippen LogP contribution >= 0.6 is 11.3 Å². The molecule has 1 amide bonds. The molecule has 3 heterocycles. The topological polar surface area (TPSA) is 64.4 Å². The second kappa shape index (κ2) is 8.02. The molecule has 0 unspecified atom stereocenters. The number of rotatable bonds is 6. The van der Waals surface area contributed by atoms with Gasteiger partial charge in [-0.15, -0.1) is 11.3 Å². The summed E-state index contributed by atoms with van der Waals surface area (Å²) >= 11 is 1.65. The fraction of sp³-hybridized carbons (Fsp3) is 0.300. The van der Waals surface area contributed by atoms with Crippen LogP contribution in [0, 0.1) is 5.82 Å². The standard InChI is InChI=1S/C20H19FN2O3S/c21-15-3-1-14(2-4-15)20-23-16(12-26-20)5-8-22-18(24)11-17-19-13(6-9-25-17)7-10-27-19/h1-4,7,10,12,17H,5-6,8-9,11H2,(H,22,24)/t17-/m1/s1. The van der Waals surface area contributed by atoms with Gasteiger partial charge in [-0.1, -0.05) is 0 Å². The average Bonchev–Trinajstić information content (AvgIpc) is 3.32. The van der Waals surface area contributed by atoms with E-state index in [0.29, 0.717) is 37.4 Å². The number of benzene rings is 1. The van der Waals surface area contributed by atoms with E-state index in [0.717, 1.165) is 17.0 Å². The Hall–Kier alpha value is -2.51. The Kier molecular flexibility index (Phi) is 5.31. The molecule has 1 atom stereocenters. The van der Waals surface area contributed by atoms with Gasteiger partial charge in [0, 0.05) is 23.4 Å². The predicted octanol–water partition coefficient (Wildman–Crippen LogP) is 3.91. The fourth-order valence-corrected chi connectivity index (χ4v) is 4.10. The molecule has 3 aromatic rings. The van der Waals surface area contributed by atoms with Crippen LogP contribution in [-0.4, -0.2) is 24.0 Å². The summed E-state index contributed by atoms with van der Waals surface area (Å²) in [5.41, 5.74) is 2.75. The number of aromatic nitrogens is 1. The number of thiophene rings is 1. The number of amides is 1. The van der Waals surface area contributed by atoms with Crippen molar-refractivity contribution in [1.82, 2.24) is 10.3 Å². The summed E-state index contributed by atoms with van der Waals surface area (Å²) in [6.07, 6.45) is 3.22. The van der Waals surface area contributed by atoms with Gasteiger partial charge in [0.15, 0.2) is 0 Å². The van der Waals surface area contributed by atoms with E-state index >= 15 is 0 Å². The highest BCUT2D eigenvalue weighted by atomic mass is 32.1. The highest BCUT2D eigenvalue weighted by Gasteiger charge is 2.24. The number of hydrogen-bond donors (Lipinski definition) is 1. The van der Waals surface area contributed by atoms with Crippen molar-refractivity contribution >= 4 is 17.2 Å². The third-order valence-corrected chi connectivity index (χ3v) is 5.53. The fourth-order valence-electron chi connectivity index (χ4n) is 3.09. The maximum absolute atomic E-state index is 13.0. The first-order chi connectivity index (χ1) is 13.2. The first-order valence-electron chi connectivity index (χ1n) is 8.84. The summed E-state index contributed by atoms with van der Waals surface area (Å²) < 4.78 is 24.2. The molecule has 27 heavy (non-hydrogen) atoms. The Labute approximate surface area is 160 Å². The van der Waals surface area contributed by atoms with Crippen LogP contribution in [0.3, 0.4) is 0 Å². The van der Waals surface area contributed by atoms with Crippen LogP contribution in [0.5, 0.6) is 0 Å². The molecule has 4 rings (SSSR count). The van der Waals surface area contributed by atoms with Crippen LogP contribution < -0.4 is 5.32 Å². The quantitative estimate of drug-likeness (QED) is 0.698. The van der Waals surface area contributed by atoms with Crippen molar-refractivity contribution in [1.29, 1.82) is 0 Å². The molecule has 1 aliphatic heterocycles. The van der Waals surface area contributed by atoms with Crippen LogP contribution in [0.1, 0.15) is 28.7 Å². The molecule has 140 valence electrons. The van der Waals surface area contributed by atoms with Gasteiger partial charge in [0.25, 0.3) is 0 Å². The number of carbonyl (C=O) groups is 1. The number of carbonyl (C=O) groups excluding carboxylic acids is 1. The molecular formula is C20H19FN2O3S. The van der Waals surface area contributed by atoms with Crippen molar-refractivity contribution in [2.45, 2.75) is 25.4 Å². The molecule has 0 saturated heterocycles. The Bertz CT molecular complexity index is 919. The minimum atomic E-state index is -0.301. The van der Waals surface area contributed by atoms with Crippen molar-refractivity contribution in [3.05, 3.63) is 63.9 Å². The summed E-state index contributed by atoms with van der Waals surface area (Å²) in [7, 11) is 0. The molecule has 0 saturated carbocycles. The lowest BCUT2D eigenvalue weighted by molar-refractivity contribution is -0.124. The minimum absolute atomic E-state index is 0.0384. The average molecular weight is 386 g/mol. The molecule has 1 aliphatic rings. The van der Waals surface area contributed by atoms with Gasteiger partial charge in [0.2, 0.25) is 11.8 Å². The van der Waals surface area contributed by atoms with Gasteiger partial charge in [-0.2, -0.15) is 0 Å². The molecule has 0 bridgehead atoms. The molecule has 0 aliphatic carbocycles. The molecule has 1 N–H and O–H groups in total. The largest absolute Gasteiger partial charge is 0.444 e. The Balaban J connectivity index is 1.27. The van der Waals surface area contributed by atoms with Crippen LogP contribution in [0.2, 0.25) is 0 Å². The van der Waals surface area contributed by atoms with Crippen LogP contribution in [-0.2, 0) is 22.4 Å². The van der Waals surface area contributed by atoms with Crippen molar-refractivity contribution in [3.8, 4) is 11.5 Å². The third-order valence-electron chi connectivity index (χ3n) is 4.48. The highest BCUT2D eigenvalue weighted by molar-refractivity contribution is 7.10. The van der Waals surface area contributed by atoms with E-state index in [1.54, 1.807) is 29.7 Å². The summed E-state index contributed by atoms with van der Waals surface area (Å²) in [5, 5.41) is 4.96. The maximum Gasteiger partial charge on any atom is 0.226 e. The van der Waals surface area contributed by atoms with E-state index in [-0.39, 0.29) is 17.8 Å². The number of hydrogen-bond acceptors (Lipinski definition) is 5. The lowest BCUT2D eigenvalue weighted by Crippen LogP contribution is -2.28. The predicted molar refractivity (Wildman–Crippen MR) is 99.9 cm³/mol. The normalized spacial score (nSPS) is 16.1. The number of fused-ring (bicyclic) bond motifs is 1. The molecule has 1 aromatic carbocycles. The first-order valence-corrected chi connectivity index (χ1v) is 9.72. The summed E-state index contributed by atoms with van der Waals surface area (Å²) in [5.74, 6) is 0.102. The van der Waals surface area contributed by atoms with E-state index in [2.05, 4.69) is 16.4 Å². The molecule has 2 aromatic heterocycles. The smallest absolute Gasteiger partial charge is 0.226 e. The number of nitrogens with one attached hydrogen (secondary N) is 1. The van der Waals surface area contributed by atoms with Crippen molar-refractivity contribution in [2.24, 2.45) is 0 Å². The lowest BCUT2D eigenvalue weighted by Gasteiger charge is -2.22. The molecular weight excluding hydrogens is 367 g/mol. The highest BCUT2D eigenvalue weighted by Crippen LogP contribution is 2.33. The number of halogens is 1. The van der Waals surface area contributed by atoms with Crippen molar-refractivity contribution in [2.75, 3.05) is 13.2 Å². The van der Waals surface area contributed by atoms with Gasteiger partial charge >= 0.3 is 0 Å². The Morgan fingerprint density at radius 2 is 2.15 bits per heavy atom. The zero-order valence-electron chi connectivity index (χ0n) is 14.6. The Morgan fingerprint density at radius 3 is 3.00 bits per heavy atom. The number of nitrogens with zero attached hydrogens (tertiary/aromatic N) is 1. The van der Waals surface area contributed by atoms with Crippen LogP contribution in [0.15, 0.2) is 46.4 Å². The van der Waals surface area contributed by atoms with Gasteiger partial charge in [-0.25, -0.2) is 9.37 Å². The third kappa shape index (κ3) is 4.26. The zero-order chi connectivity index (χ0) is 18.6. The summed E-state index contributed by atoms with van der Waals surface area (Å²) in [6, 6.07) is 8.08. The summed E-state index contributed by atoms with van der Waals surface area (Å²) in [6.45, 7) is 1.13. The Morgan fingerprint density at radius 1 is 1.30 bits per heavy atom. The molecule has 0 radical (unpaired) electrons. The van der Waals surface area contributed by atoms with Gasteiger partial charge in [0.05, 0.1) is 18.7 Å². The van der Waals surface area contributed by atoms with Crippen LogP contribution in [0.4, 0.5) is 4.39 Å². The van der Waals surface area contributed by atoms with Gasteiger partial charge in [-0.05, 0) is 47.7 Å². The molecule has 7 heteroatoms. The van der Waals surface area contributed by atoms with E-state index in [1.807, 2.05) is 5.38 Å². The second-order valence-corrected chi connectivity index (χ2v) is 7.32. The van der Waals surface area contributed by atoms with Gasteiger partial charge in [-0.3, -0.25) is 4.79 Å².